The molecule has 3 aromatic carbocycles. The second kappa shape index (κ2) is 8.20. The van der Waals surface area contributed by atoms with E-state index in [0.717, 1.165) is 28.1 Å². The van der Waals surface area contributed by atoms with Gasteiger partial charge in [-0.1, -0.05) is 48.5 Å². The molecule has 0 aliphatic rings. The largest absolute Gasteiger partial charge is 0.343 e. The van der Waals surface area contributed by atoms with E-state index >= 15 is 0 Å². The predicted molar refractivity (Wildman–Crippen MR) is 112 cm³/mol. The van der Waals surface area contributed by atoms with Crippen LogP contribution in [-0.4, -0.2) is 23.3 Å². The van der Waals surface area contributed by atoms with Crippen LogP contribution in [0.25, 0.3) is 22.0 Å². The van der Waals surface area contributed by atoms with E-state index in [1.807, 2.05) is 47.8 Å². The third kappa shape index (κ3) is 4.30. The van der Waals surface area contributed by atoms with Crippen molar-refractivity contribution in [1.82, 2.24) is 10.3 Å². The number of halogens is 1. The van der Waals surface area contributed by atoms with E-state index in [-0.39, 0.29) is 12.1 Å². The molecule has 0 aliphatic carbocycles. The fourth-order valence-electron chi connectivity index (χ4n) is 2.96. The molecule has 5 nitrogen and oxygen atoms in total. The number of benzene rings is 3. The summed E-state index contributed by atoms with van der Waals surface area (Å²) in [6.07, 6.45) is 0. The fraction of sp³-hybridized carbons (Fsp3) is 0.0455. The van der Waals surface area contributed by atoms with Gasteiger partial charge < -0.3 is 10.6 Å². The van der Waals surface area contributed by atoms with Crippen molar-refractivity contribution in [3.8, 4) is 11.3 Å². The second-order valence-corrected chi connectivity index (χ2v) is 7.16. The SMILES string of the molecule is O=C(CNC(=O)c1cccc(F)c1)Nc1nc(-c2cccc3ccccc23)cs1. The molecule has 4 aromatic rings. The number of anilines is 1. The van der Waals surface area contributed by atoms with Gasteiger partial charge in [-0.05, 0) is 29.0 Å². The van der Waals surface area contributed by atoms with Gasteiger partial charge in [0, 0.05) is 16.5 Å². The summed E-state index contributed by atoms with van der Waals surface area (Å²) < 4.78 is 13.2. The number of nitrogens with one attached hydrogen (secondary N) is 2. The van der Waals surface area contributed by atoms with Crippen LogP contribution in [0.5, 0.6) is 0 Å². The molecule has 1 aromatic heterocycles. The van der Waals surface area contributed by atoms with E-state index in [1.165, 1.54) is 29.5 Å². The zero-order valence-corrected chi connectivity index (χ0v) is 16.0. The number of rotatable bonds is 5. The quantitative estimate of drug-likeness (QED) is 0.515. The summed E-state index contributed by atoms with van der Waals surface area (Å²) >= 11 is 1.31. The van der Waals surface area contributed by atoms with Crippen molar-refractivity contribution in [2.45, 2.75) is 0 Å². The topological polar surface area (TPSA) is 71.1 Å². The molecule has 0 spiro atoms. The third-order valence-electron chi connectivity index (χ3n) is 4.31. The third-order valence-corrected chi connectivity index (χ3v) is 5.07. The minimum atomic E-state index is -0.518. The number of carbonyl (C=O) groups is 2. The highest BCUT2D eigenvalue weighted by Crippen LogP contribution is 2.30. The summed E-state index contributed by atoms with van der Waals surface area (Å²) in [6, 6.07) is 19.3. The summed E-state index contributed by atoms with van der Waals surface area (Å²) in [5.41, 5.74) is 1.91. The summed E-state index contributed by atoms with van der Waals surface area (Å²) in [4.78, 5) is 28.6. The van der Waals surface area contributed by atoms with E-state index in [0.29, 0.717) is 5.13 Å². The molecule has 0 fully saturated rings. The number of fused-ring (bicyclic) bond motifs is 1. The normalized spacial score (nSPS) is 10.7. The molecule has 0 atom stereocenters. The van der Waals surface area contributed by atoms with Crippen molar-refractivity contribution in [3.05, 3.63) is 83.5 Å². The van der Waals surface area contributed by atoms with Crippen LogP contribution < -0.4 is 10.6 Å². The monoisotopic (exact) mass is 405 g/mol. The van der Waals surface area contributed by atoms with Crippen molar-refractivity contribution in [3.63, 3.8) is 0 Å². The molecule has 0 saturated heterocycles. The highest BCUT2D eigenvalue weighted by molar-refractivity contribution is 7.14. The van der Waals surface area contributed by atoms with E-state index < -0.39 is 17.6 Å². The van der Waals surface area contributed by atoms with Crippen molar-refractivity contribution in [1.29, 1.82) is 0 Å². The molecule has 0 unspecified atom stereocenters. The highest BCUT2D eigenvalue weighted by atomic mass is 32.1. The standard InChI is InChI=1S/C22H16FN3O2S/c23-16-8-3-7-15(11-16)21(28)24-12-20(27)26-22-25-19(13-29-22)18-10-4-6-14-5-1-2-9-17(14)18/h1-11,13H,12H2,(H,24,28)(H,25,26,27). The first-order chi connectivity index (χ1) is 14.1. The molecule has 7 heteroatoms. The highest BCUT2D eigenvalue weighted by Gasteiger charge is 2.12. The van der Waals surface area contributed by atoms with Gasteiger partial charge in [0.1, 0.15) is 5.82 Å². The van der Waals surface area contributed by atoms with Crippen LogP contribution >= 0.6 is 11.3 Å². The van der Waals surface area contributed by atoms with Crippen LogP contribution in [0.2, 0.25) is 0 Å². The molecule has 2 N–H and O–H groups in total. The molecule has 0 radical (unpaired) electrons. The molecular formula is C22H16FN3O2S. The molecule has 1 heterocycles. The Hall–Kier alpha value is -3.58. The van der Waals surface area contributed by atoms with Crippen LogP contribution in [0.3, 0.4) is 0 Å². The van der Waals surface area contributed by atoms with Crippen LogP contribution in [0, 0.1) is 5.82 Å². The van der Waals surface area contributed by atoms with Crippen LogP contribution in [0.1, 0.15) is 10.4 Å². The molecule has 0 saturated carbocycles. The average Bonchev–Trinajstić information content (AvgIpc) is 3.19. The number of amides is 2. The smallest absolute Gasteiger partial charge is 0.251 e. The number of hydrogen-bond donors (Lipinski definition) is 2. The Morgan fingerprint density at radius 1 is 1.00 bits per heavy atom. The first-order valence-corrected chi connectivity index (χ1v) is 9.75. The average molecular weight is 405 g/mol. The van der Waals surface area contributed by atoms with Gasteiger partial charge >= 0.3 is 0 Å². The van der Waals surface area contributed by atoms with Crippen LogP contribution in [0.4, 0.5) is 9.52 Å². The maximum absolute atomic E-state index is 13.2. The van der Waals surface area contributed by atoms with Gasteiger partial charge in [0.2, 0.25) is 5.91 Å². The van der Waals surface area contributed by atoms with Gasteiger partial charge in [0.25, 0.3) is 5.91 Å². The Kier molecular flexibility index (Phi) is 5.31. The lowest BCUT2D eigenvalue weighted by atomic mass is 10.0. The number of nitrogens with zero attached hydrogens (tertiary/aromatic N) is 1. The van der Waals surface area contributed by atoms with Crippen molar-refractivity contribution in [2.24, 2.45) is 0 Å². The molecule has 0 bridgehead atoms. The van der Waals surface area contributed by atoms with Gasteiger partial charge in [0.05, 0.1) is 12.2 Å². The molecule has 0 aliphatic heterocycles. The van der Waals surface area contributed by atoms with Crippen molar-refractivity contribution in [2.75, 3.05) is 11.9 Å². The number of thiazole rings is 1. The second-order valence-electron chi connectivity index (χ2n) is 6.31. The maximum Gasteiger partial charge on any atom is 0.251 e. The lowest BCUT2D eigenvalue weighted by Gasteiger charge is -2.05. The zero-order valence-electron chi connectivity index (χ0n) is 15.2. The number of carbonyl (C=O) groups excluding carboxylic acids is 2. The predicted octanol–water partition coefficient (Wildman–Crippen LogP) is 4.47. The Morgan fingerprint density at radius 2 is 1.79 bits per heavy atom. The minimum Gasteiger partial charge on any atom is -0.343 e. The van der Waals surface area contributed by atoms with E-state index in [2.05, 4.69) is 15.6 Å². The molecule has 2 amide bonds. The number of aromatic nitrogens is 1. The van der Waals surface area contributed by atoms with Gasteiger partial charge in [-0.15, -0.1) is 11.3 Å². The zero-order chi connectivity index (χ0) is 20.2. The van der Waals surface area contributed by atoms with Crippen LogP contribution in [0.15, 0.2) is 72.1 Å². The van der Waals surface area contributed by atoms with E-state index in [4.69, 9.17) is 0 Å². The Bertz CT molecular complexity index is 1200. The number of hydrogen-bond acceptors (Lipinski definition) is 4. The Morgan fingerprint density at radius 3 is 2.66 bits per heavy atom. The maximum atomic E-state index is 13.2. The molecular weight excluding hydrogens is 389 g/mol. The first-order valence-electron chi connectivity index (χ1n) is 8.87. The lowest BCUT2D eigenvalue weighted by molar-refractivity contribution is -0.115. The lowest BCUT2D eigenvalue weighted by Crippen LogP contribution is -2.32. The van der Waals surface area contributed by atoms with Gasteiger partial charge in [-0.2, -0.15) is 0 Å². The summed E-state index contributed by atoms with van der Waals surface area (Å²) in [6.45, 7) is -0.238. The Labute approximate surface area is 170 Å². The van der Waals surface area contributed by atoms with Crippen molar-refractivity contribution >= 4 is 39.1 Å². The van der Waals surface area contributed by atoms with Gasteiger partial charge in [0.15, 0.2) is 5.13 Å². The summed E-state index contributed by atoms with van der Waals surface area (Å²) in [7, 11) is 0. The van der Waals surface area contributed by atoms with E-state index in [9.17, 15) is 14.0 Å². The molecule has 29 heavy (non-hydrogen) atoms. The van der Waals surface area contributed by atoms with Crippen molar-refractivity contribution < 1.29 is 14.0 Å². The van der Waals surface area contributed by atoms with Gasteiger partial charge in [-0.3, -0.25) is 9.59 Å². The van der Waals surface area contributed by atoms with Crippen LogP contribution in [-0.2, 0) is 4.79 Å². The molecule has 144 valence electrons. The molecule has 4 rings (SSSR count). The van der Waals surface area contributed by atoms with E-state index in [1.54, 1.807) is 0 Å². The minimum absolute atomic E-state index is 0.158. The Balaban J connectivity index is 1.41. The summed E-state index contributed by atoms with van der Waals surface area (Å²) in [5.74, 6) is -1.44. The summed E-state index contributed by atoms with van der Waals surface area (Å²) in [5, 5.41) is 9.66. The van der Waals surface area contributed by atoms with Gasteiger partial charge in [-0.25, -0.2) is 9.37 Å². The fourth-order valence-corrected chi connectivity index (χ4v) is 3.69. The first kappa shape index (κ1) is 18.8.